The van der Waals surface area contributed by atoms with Crippen LogP contribution in [-0.4, -0.2) is 61.7 Å². The number of likely N-dealkylation sites (tertiary alicyclic amines) is 1. The van der Waals surface area contributed by atoms with Crippen LogP contribution >= 0.6 is 24.0 Å². The smallest absolute Gasteiger partial charge is 0.193 e. The molecule has 29 heavy (non-hydrogen) atoms. The number of imidazole rings is 1. The summed E-state index contributed by atoms with van der Waals surface area (Å²) in [6.45, 7) is 5.16. The van der Waals surface area contributed by atoms with Gasteiger partial charge in [0.2, 0.25) is 0 Å². The summed E-state index contributed by atoms with van der Waals surface area (Å²) in [6.07, 6.45) is 10.9. The second-order valence-corrected chi connectivity index (χ2v) is 7.41. The van der Waals surface area contributed by atoms with E-state index in [-0.39, 0.29) is 24.0 Å². The van der Waals surface area contributed by atoms with Gasteiger partial charge in [-0.25, -0.2) is 4.98 Å². The fraction of sp³-hybridized carbons (Fsp3) is 0.500. The molecule has 2 atom stereocenters. The van der Waals surface area contributed by atoms with Crippen molar-refractivity contribution in [2.45, 2.75) is 32.2 Å². The lowest BCUT2D eigenvalue weighted by Gasteiger charge is -2.39. The molecular formula is C20H29IN8. The number of piperidine rings is 1. The Labute approximate surface area is 188 Å². The van der Waals surface area contributed by atoms with Crippen LogP contribution in [0.3, 0.4) is 0 Å². The predicted molar refractivity (Wildman–Crippen MR) is 125 cm³/mol. The molecular weight excluding hydrogens is 479 g/mol. The minimum Gasteiger partial charge on any atom is -0.356 e. The van der Waals surface area contributed by atoms with Crippen molar-refractivity contribution in [2.75, 3.05) is 26.7 Å². The van der Waals surface area contributed by atoms with Gasteiger partial charge in [-0.05, 0) is 30.9 Å². The Morgan fingerprint density at radius 2 is 2.17 bits per heavy atom. The highest BCUT2D eigenvalue weighted by molar-refractivity contribution is 14.0. The summed E-state index contributed by atoms with van der Waals surface area (Å²) >= 11 is 0. The molecule has 1 fully saturated rings. The average Bonchev–Trinajstić information content (AvgIpc) is 3.39. The van der Waals surface area contributed by atoms with Crippen LogP contribution in [0.15, 0.2) is 48.1 Å². The normalized spacial score (nSPS) is 19.9. The summed E-state index contributed by atoms with van der Waals surface area (Å²) in [5, 5.41) is 12.0. The third-order valence-corrected chi connectivity index (χ3v) is 5.58. The monoisotopic (exact) mass is 508 g/mol. The lowest BCUT2D eigenvalue weighted by molar-refractivity contribution is 0.189. The topological polar surface area (TPSA) is 75.6 Å². The van der Waals surface area contributed by atoms with Gasteiger partial charge in [0.05, 0.1) is 12.4 Å². The number of aliphatic imine (C=N–C) groups is 1. The maximum Gasteiger partial charge on any atom is 0.193 e. The quantitative estimate of drug-likeness (QED) is 0.248. The largest absolute Gasteiger partial charge is 0.356 e. The van der Waals surface area contributed by atoms with Crippen LogP contribution in [0.4, 0.5) is 0 Å². The SMILES string of the molecule is CN=C(NCCCc1nnc2ccccn12)N1CCC(C)C(n2ccnc2)C1.I. The van der Waals surface area contributed by atoms with Crippen molar-refractivity contribution in [2.24, 2.45) is 10.9 Å². The van der Waals surface area contributed by atoms with Gasteiger partial charge in [-0.1, -0.05) is 13.0 Å². The molecule has 156 valence electrons. The van der Waals surface area contributed by atoms with Crippen LogP contribution < -0.4 is 5.32 Å². The Balaban J connectivity index is 0.00000240. The second-order valence-electron chi connectivity index (χ2n) is 7.41. The standard InChI is InChI=1S/C20H28N8.HI/c1-16-8-12-26(14-17(16)27-13-10-22-15-27)20(21-2)23-9-5-7-19-25-24-18-6-3-4-11-28(18)19;/h3-4,6,10-11,13,15-17H,5,7-9,12,14H2,1-2H3,(H,21,23);1H. The molecule has 0 saturated carbocycles. The van der Waals surface area contributed by atoms with E-state index in [0.717, 1.165) is 56.3 Å². The molecule has 9 heteroatoms. The van der Waals surface area contributed by atoms with E-state index in [1.54, 1.807) is 0 Å². The van der Waals surface area contributed by atoms with Crippen molar-refractivity contribution in [1.82, 2.24) is 34.4 Å². The van der Waals surface area contributed by atoms with Crippen molar-refractivity contribution in [3.05, 3.63) is 48.9 Å². The Bertz CT molecular complexity index is 920. The van der Waals surface area contributed by atoms with Gasteiger partial charge in [-0.2, -0.15) is 0 Å². The molecule has 1 saturated heterocycles. The van der Waals surface area contributed by atoms with E-state index in [0.29, 0.717) is 12.0 Å². The lowest BCUT2D eigenvalue weighted by Crippen LogP contribution is -2.49. The molecule has 0 amide bonds. The molecule has 4 rings (SSSR count). The molecule has 0 bridgehead atoms. The number of aryl methyl sites for hydroxylation is 1. The van der Waals surface area contributed by atoms with Crippen molar-refractivity contribution < 1.29 is 0 Å². The number of nitrogens with zero attached hydrogens (tertiary/aromatic N) is 7. The van der Waals surface area contributed by atoms with Gasteiger partial charge in [-0.15, -0.1) is 34.2 Å². The highest BCUT2D eigenvalue weighted by Gasteiger charge is 2.28. The van der Waals surface area contributed by atoms with Crippen LogP contribution in [-0.2, 0) is 6.42 Å². The summed E-state index contributed by atoms with van der Waals surface area (Å²) in [5.41, 5.74) is 0.897. The van der Waals surface area contributed by atoms with Gasteiger partial charge in [-0.3, -0.25) is 9.39 Å². The minimum absolute atomic E-state index is 0. The Morgan fingerprint density at radius 3 is 2.97 bits per heavy atom. The first kappa shape index (κ1) is 21.5. The first-order chi connectivity index (χ1) is 13.8. The van der Waals surface area contributed by atoms with E-state index < -0.39 is 0 Å². The van der Waals surface area contributed by atoms with E-state index in [1.807, 2.05) is 44.0 Å². The Hall–Kier alpha value is -2.17. The molecule has 0 radical (unpaired) electrons. The summed E-state index contributed by atoms with van der Waals surface area (Å²) in [4.78, 5) is 11.1. The van der Waals surface area contributed by atoms with Crippen LogP contribution in [0.1, 0.15) is 31.6 Å². The summed E-state index contributed by atoms with van der Waals surface area (Å²) in [5.74, 6) is 2.60. The fourth-order valence-electron chi connectivity index (χ4n) is 3.94. The molecule has 3 aromatic heterocycles. The second kappa shape index (κ2) is 10.0. The third-order valence-electron chi connectivity index (χ3n) is 5.58. The van der Waals surface area contributed by atoms with Gasteiger partial charge in [0, 0.05) is 51.7 Å². The number of hydrogen-bond acceptors (Lipinski definition) is 4. The van der Waals surface area contributed by atoms with Gasteiger partial charge >= 0.3 is 0 Å². The first-order valence-corrected chi connectivity index (χ1v) is 9.98. The zero-order valence-electron chi connectivity index (χ0n) is 17.0. The number of nitrogens with one attached hydrogen (secondary N) is 1. The van der Waals surface area contributed by atoms with E-state index in [9.17, 15) is 0 Å². The Morgan fingerprint density at radius 1 is 1.28 bits per heavy atom. The molecule has 0 spiro atoms. The van der Waals surface area contributed by atoms with Crippen LogP contribution in [0.5, 0.6) is 0 Å². The van der Waals surface area contributed by atoms with Gasteiger partial charge < -0.3 is 14.8 Å². The highest BCUT2D eigenvalue weighted by atomic mass is 127. The highest BCUT2D eigenvalue weighted by Crippen LogP contribution is 2.27. The number of hydrogen-bond donors (Lipinski definition) is 1. The van der Waals surface area contributed by atoms with Crippen molar-refractivity contribution >= 4 is 35.6 Å². The minimum atomic E-state index is 0. The predicted octanol–water partition coefficient (Wildman–Crippen LogP) is 2.63. The molecule has 1 aliphatic heterocycles. The Kier molecular flexibility index (Phi) is 7.45. The van der Waals surface area contributed by atoms with E-state index in [2.05, 4.69) is 52.5 Å². The maximum atomic E-state index is 4.51. The first-order valence-electron chi connectivity index (χ1n) is 9.98. The van der Waals surface area contributed by atoms with Gasteiger partial charge in [0.15, 0.2) is 11.6 Å². The number of fused-ring (bicyclic) bond motifs is 1. The molecule has 3 aromatic rings. The van der Waals surface area contributed by atoms with E-state index >= 15 is 0 Å². The molecule has 0 aliphatic carbocycles. The number of rotatable bonds is 5. The summed E-state index contributed by atoms with van der Waals surface area (Å²) < 4.78 is 4.27. The van der Waals surface area contributed by atoms with E-state index in [1.165, 1.54) is 0 Å². The third kappa shape index (κ3) is 4.88. The molecule has 1 aliphatic rings. The molecule has 0 aromatic carbocycles. The summed E-state index contributed by atoms with van der Waals surface area (Å²) in [6, 6.07) is 6.39. The average molecular weight is 508 g/mol. The maximum absolute atomic E-state index is 4.51. The van der Waals surface area contributed by atoms with Crippen molar-refractivity contribution in [3.8, 4) is 0 Å². The molecule has 4 heterocycles. The van der Waals surface area contributed by atoms with Gasteiger partial charge in [0.1, 0.15) is 5.82 Å². The number of halogens is 1. The van der Waals surface area contributed by atoms with Crippen molar-refractivity contribution in [3.63, 3.8) is 0 Å². The molecule has 8 nitrogen and oxygen atoms in total. The zero-order valence-corrected chi connectivity index (χ0v) is 19.3. The number of guanidine groups is 1. The van der Waals surface area contributed by atoms with Crippen LogP contribution in [0, 0.1) is 5.92 Å². The van der Waals surface area contributed by atoms with E-state index in [4.69, 9.17) is 0 Å². The summed E-state index contributed by atoms with van der Waals surface area (Å²) in [7, 11) is 1.86. The molecule has 1 N–H and O–H groups in total. The fourth-order valence-corrected chi connectivity index (χ4v) is 3.94. The number of pyridine rings is 1. The van der Waals surface area contributed by atoms with Crippen molar-refractivity contribution in [1.29, 1.82) is 0 Å². The molecule has 2 unspecified atom stereocenters. The lowest BCUT2D eigenvalue weighted by atomic mass is 9.93. The van der Waals surface area contributed by atoms with Crippen LogP contribution in [0.2, 0.25) is 0 Å². The zero-order chi connectivity index (χ0) is 19.3. The number of aromatic nitrogens is 5. The van der Waals surface area contributed by atoms with Crippen LogP contribution in [0.25, 0.3) is 5.65 Å². The van der Waals surface area contributed by atoms with Gasteiger partial charge in [0.25, 0.3) is 0 Å².